The van der Waals surface area contributed by atoms with E-state index in [0.29, 0.717) is 12.1 Å². The Bertz CT molecular complexity index is 1030. The summed E-state index contributed by atoms with van der Waals surface area (Å²) in [5.41, 5.74) is 1.73. The Morgan fingerprint density at radius 1 is 1.03 bits per heavy atom. The normalized spacial score (nSPS) is 12.9. The molecule has 2 atom stereocenters. The van der Waals surface area contributed by atoms with Gasteiger partial charge in [-0.1, -0.05) is 61.2 Å². The Kier molecular flexibility index (Phi) is 9.63. The van der Waals surface area contributed by atoms with Crippen LogP contribution in [0.25, 0.3) is 6.08 Å². The van der Waals surface area contributed by atoms with Gasteiger partial charge in [-0.3, -0.25) is 9.59 Å². The average Bonchev–Trinajstić information content (AvgIpc) is 2.79. The third kappa shape index (κ3) is 8.28. The molecule has 0 heterocycles. The van der Waals surface area contributed by atoms with Crippen LogP contribution in [0.15, 0.2) is 61.2 Å². The number of hydrogen-bond donors (Lipinski definition) is 2. The van der Waals surface area contributed by atoms with Crippen LogP contribution in [0.1, 0.15) is 64.3 Å². The van der Waals surface area contributed by atoms with E-state index in [1.165, 1.54) is 4.90 Å². The smallest absolute Gasteiger partial charge is 0.408 e. The van der Waals surface area contributed by atoms with E-state index in [-0.39, 0.29) is 11.9 Å². The predicted octanol–water partition coefficient (Wildman–Crippen LogP) is 4.84. The van der Waals surface area contributed by atoms with Gasteiger partial charge in [0, 0.05) is 12.6 Å². The summed E-state index contributed by atoms with van der Waals surface area (Å²) in [6, 6.07) is 14.8. The van der Waals surface area contributed by atoms with Crippen LogP contribution in [-0.2, 0) is 20.9 Å². The molecule has 2 N–H and O–H groups in total. The minimum Gasteiger partial charge on any atom is -0.444 e. The van der Waals surface area contributed by atoms with Crippen molar-refractivity contribution in [1.29, 1.82) is 0 Å². The lowest BCUT2D eigenvalue weighted by Gasteiger charge is -2.36. The van der Waals surface area contributed by atoms with Gasteiger partial charge in [-0.05, 0) is 64.3 Å². The molecule has 0 aromatic heterocycles. The molecule has 0 bridgehead atoms. The lowest BCUT2D eigenvalue weighted by molar-refractivity contribution is -0.144. The summed E-state index contributed by atoms with van der Waals surface area (Å²) < 4.78 is 5.30. The SMILES string of the molecule is C=Cc1cccc(C(C(=O)NCc2ccccc2)N(C(=O)C(C)NC(=O)OC(C)(C)C)C(C)C)c1. The second kappa shape index (κ2) is 12.2. The number of alkyl carbamates (subject to hydrolysis) is 1. The Morgan fingerprint density at radius 3 is 2.26 bits per heavy atom. The largest absolute Gasteiger partial charge is 0.444 e. The number of benzene rings is 2. The first-order valence-electron chi connectivity index (χ1n) is 11.8. The molecule has 0 saturated carbocycles. The summed E-state index contributed by atoms with van der Waals surface area (Å²) in [5, 5.41) is 5.56. The third-order valence-corrected chi connectivity index (χ3v) is 5.21. The van der Waals surface area contributed by atoms with Crippen molar-refractivity contribution in [2.24, 2.45) is 0 Å². The van der Waals surface area contributed by atoms with Gasteiger partial charge in [0.25, 0.3) is 0 Å². The van der Waals surface area contributed by atoms with Gasteiger partial charge in [0.05, 0.1) is 0 Å². The van der Waals surface area contributed by atoms with E-state index < -0.39 is 29.7 Å². The molecule has 2 rings (SSSR count). The van der Waals surface area contributed by atoms with Gasteiger partial charge in [-0.25, -0.2) is 4.79 Å². The van der Waals surface area contributed by atoms with E-state index in [0.717, 1.165) is 11.1 Å². The van der Waals surface area contributed by atoms with Crippen molar-refractivity contribution in [3.05, 3.63) is 77.9 Å². The second-order valence-corrected chi connectivity index (χ2v) is 9.69. The highest BCUT2D eigenvalue weighted by atomic mass is 16.6. The topological polar surface area (TPSA) is 87.7 Å². The molecule has 188 valence electrons. The summed E-state index contributed by atoms with van der Waals surface area (Å²) in [7, 11) is 0. The number of hydrogen-bond acceptors (Lipinski definition) is 4. The van der Waals surface area contributed by atoms with Crippen LogP contribution in [0.4, 0.5) is 4.79 Å². The van der Waals surface area contributed by atoms with E-state index in [9.17, 15) is 14.4 Å². The van der Waals surface area contributed by atoms with Crippen molar-refractivity contribution in [2.75, 3.05) is 0 Å². The van der Waals surface area contributed by atoms with Gasteiger partial charge in [0.2, 0.25) is 11.8 Å². The first-order valence-corrected chi connectivity index (χ1v) is 11.8. The number of amides is 3. The lowest BCUT2D eigenvalue weighted by atomic mass is 9.99. The maximum atomic E-state index is 13.6. The first-order chi connectivity index (χ1) is 16.4. The molecule has 0 saturated heterocycles. The fourth-order valence-electron chi connectivity index (χ4n) is 3.63. The van der Waals surface area contributed by atoms with E-state index in [1.54, 1.807) is 33.8 Å². The fourth-order valence-corrected chi connectivity index (χ4v) is 3.63. The van der Waals surface area contributed by atoms with Crippen LogP contribution < -0.4 is 10.6 Å². The van der Waals surface area contributed by atoms with E-state index in [2.05, 4.69) is 17.2 Å². The molecule has 0 aliphatic heterocycles. The lowest BCUT2D eigenvalue weighted by Crippen LogP contribution is -2.54. The Hall–Kier alpha value is -3.61. The van der Waals surface area contributed by atoms with Crippen molar-refractivity contribution in [1.82, 2.24) is 15.5 Å². The first kappa shape index (κ1) is 27.6. The van der Waals surface area contributed by atoms with E-state index in [1.807, 2.05) is 68.4 Å². The number of carbonyl (C=O) groups is 3. The highest BCUT2D eigenvalue weighted by molar-refractivity contribution is 5.92. The van der Waals surface area contributed by atoms with E-state index in [4.69, 9.17) is 4.74 Å². The molecular formula is C28H37N3O4. The maximum Gasteiger partial charge on any atom is 0.408 e. The zero-order valence-electron chi connectivity index (χ0n) is 21.5. The molecule has 0 radical (unpaired) electrons. The molecule has 2 unspecified atom stereocenters. The van der Waals surface area contributed by atoms with Gasteiger partial charge in [0.1, 0.15) is 17.7 Å². The van der Waals surface area contributed by atoms with Crippen LogP contribution in [0.5, 0.6) is 0 Å². The zero-order valence-corrected chi connectivity index (χ0v) is 21.5. The zero-order chi connectivity index (χ0) is 26.2. The molecule has 0 aliphatic carbocycles. The quantitative estimate of drug-likeness (QED) is 0.539. The summed E-state index contributed by atoms with van der Waals surface area (Å²) in [5.74, 6) is -0.712. The van der Waals surface area contributed by atoms with Crippen molar-refractivity contribution in [3.8, 4) is 0 Å². The minimum atomic E-state index is -0.908. The summed E-state index contributed by atoms with van der Waals surface area (Å²) in [4.78, 5) is 40.9. The van der Waals surface area contributed by atoms with Gasteiger partial charge in [-0.15, -0.1) is 0 Å². The van der Waals surface area contributed by atoms with Crippen LogP contribution >= 0.6 is 0 Å². The number of carbonyl (C=O) groups excluding carboxylic acids is 3. The molecule has 2 aromatic rings. The Balaban J connectivity index is 2.37. The molecule has 35 heavy (non-hydrogen) atoms. The van der Waals surface area contributed by atoms with E-state index >= 15 is 0 Å². The molecule has 2 aromatic carbocycles. The van der Waals surface area contributed by atoms with Crippen molar-refractivity contribution >= 4 is 24.0 Å². The van der Waals surface area contributed by atoms with Gasteiger partial charge >= 0.3 is 6.09 Å². The van der Waals surface area contributed by atoms with Gasteiger partial charge < -0.3 is 20.3 Å². The Labute approximate surface area is 208 Å². The molecule has 0 aliphatic rings. The highest BCUT2D eigenvalue weighted by Crippen LogP contribution is 2.26. The van der Waals surface area contributed by atoms with Crippen molar-refractivity contribution in [2.45, 2.75) is 71.8 Å². The van der Waals surface area contributed by atoms with Crippen LogP contribution in [0.3, 0.4) is 0 Å². The molecule has 7 heteroatoms. The van der Waals surface area contributed by atoms with Crippen molar-refractivity contribution in [3.63, 3.8) is 0 Å². The van der Waals surface area contributed by atoms with Gasteiger partial charge in [0.15, 0.2) is 0 Å². The number of ether oxygens (including phenoxy) is 1. The molecule has 3 amide bonds. The Morgan fingerprint density at radius 2 is 1.69 bits per heavy atom. The van der Waals surface area contributed by atoms with Crippen LogP contribution in [-0.4, -0.2) is 40.5 Å². The highest BCUT2D eigenvalue weighted by Gasteiger charge is 2.36. The molecule has 0 spiro atoms. The standard InChI is InChI=1S/C28H37N3O4/c1-8-21-15-12-16-23(17-21)24(25(32)29-18-22-13-10-9-11-14-22)31(19(2)3)26(33)20(4)30-27(34)35-28(5,6)7/h8-17,19-20,24H,1,18H2,2-7H3,(H,29,32)(H,30,34). The summed E-state index contributed by atoms with van der Waals surface area (Å²) in [6.07, 6.45) is 0.997. The molecule has 0 fully saturated rings. The number of nitrogens with zero attached hydrogens (tertiary/aromatic N) is 1. The molecule has 7 nitrogen and oxygen atoms in total. The summed E-state index contributed by atoms with van der Waals surface area (Å²) >= 11 is 0. The third-order valence-electron chi connectivity index (χ3n) is 5.21. The maximum absolute atomic E-state index is 13.6. The number of nitrogens with one attached hydrogen (secondary N) is 2. The van der Waals surface area contributed by atoms with Crippen LogP contribution in [0.2, 0.25) is 0 Å². The average molecular weight is 480 g/mol. The summed E-state index contributed by atoms with van der Waals surface area (Å²) in [6.45, 7) is 14.6. The number of rotatable bonds is 9. The second-order valence-electron chi connectivity index (χ2n) is 9.69. The van der Waals surface area contributed by atoms with Crippen molar-refractivity contribution < 1.29 is 19.1 Å². The minimum absolute atomic E-state index is 0.318. The monoisotopic (exact) mass is 479 g/mol. The molecular weight excluding hydrogens is 442 g/mol. The van der Waals surface area contributed by atoms with Crippen LogP contribution in [0, 0.1) is 0 Å². The predicted molar refractivity (Wildman–Crippen MR) is 138 cm³/mol. The fraction of sp³-hybridized carbons (Fsp3) is 0.393. The van der Waals surface area contributed by atoms with Gasteiger partial charge in [-0.2, -0.15) is 0 Å².